The molecule has 0 aromatic heterocycles. The molecule has 2 rings (SSSR count). The first-order valence-electron chi connectivity index (χ1n) is 5.19. The van der Waals surface area contributed by atoms with Gasteiger partial charge in [0.25, 0.3) is 0 Å². The summed E-state index contributed by atoms with van der Waals surface area (Å²) < 4.78 is 13.6. The van der Waals surface area contributed by atoms with E-state index in [0.29, 0.717) is 5.92 Å². The van der Waals surface area contributed by atoms with Crippen molar-refractivity contribution in [1.82, 2.24) is 5.01 Å². The largest absolute Gasteiger partial charge is 0.276 e. The lowest BCUT2D eigenvalue weighted by Crippen LogP contribution is -2.06. The average Bonchev–Trinajstić information content (AvgIpc) is 3.01. The lowest BCUT2D eigenvalue weighted by Gasteiger charge is -2.16. The van der Waals surface area contributed by atoms with Crippen molar-refractivity contribution in [1.29, 1.82) is 0 Å². The maximum atomic E-state index is 13.6. The predicted molar refractivity (Wildman–Crippen MR) is 60.0 cm³/mol. The Hall–Kier alpha value is -1.38. The molecule has 3 heteroatoms. The lowest BCUT2D eigenvalue weighted by molar-refractivity contribution is 0.488. The number of hydrogen-bond donors (Lipinski definition) is 0. The number of hydrazone groups is 1. The minimum Gasteiger partial charge on any atom is -0.276 e. The Morgan fingerprint density at radius 1 is 1.60 bits per heavy atom. The summed E-state index contributed by atoms with van der Waals surface area (Å²) in [5, 5.41) is 5.39. The quantitative estimate of drug-likeness (QED) is 0.512. The zero-order valence-corrected chi connectivity index (χ0v) is 8.91. The average molecular weight is 206 g/mol. The summed E-state index contributed by atoms with van der Waals surface area (Å²) in [6.07, 6.45) is 8.30. The van der Waals surface area contributed by atoms with Gasteiger partial charge in [-0.1, -0.05) is 6.08 Å². The number of halogens is 1. The van der Waals surface area contributed by atoms with Crippen LogP contribution in [0.4, 0.5) is 4.39 Å². The molecule has 1 fully saturated rings. The van der Waals surface area contributed by atoms with Crippen molar-refractivity contribution < 1.29 is 4.39 Å². The number of allylic oxidation sites excluding steroid dienone is 5. The highest BCUT2D eigenvalue weighted by atomic mass is 19.1. The summed E-state index contributed by atoms with van der Waals surface area (Å²) in [5.41, 5.74) is 1.92. The molecule has 0 spiro atoms. The van der Waals surface area contributed by atoms with E-state index in [9.17, 15) is 4.39 Å². The van der Waals surface area contributed by atoms with Crippen LogP contribution < -0.4 is 0 Å². The van der Waals surface area contributed by atoms with Gasteiger partial charge in [0, 0.05) is 20.0 Å². The second-order valence-electron chi connectivity index (χ2n) is 4.01. The normalized spacial score (nSPS) is 23.5. The molecule has 2 nitrogen and oxygen atoms in total. The van der Waals surface area contributed by atoms with E-state index in [0.717, 1.165) is 30.4 Å². The van der Waals surface area contributed by atoms with Crippen LogP contribution in [-0.2, 0) is 0 Å². The van der Waals surface area contributed by atoms with Crippen LogP contribution in [0.1, 0.15) is 19.3 Å². The van der Waals surface area contributed by atoms with Crippen LogP contribution in [0.25, 0.3) is 0 Å². The van der Waals surface area contributed by atoms with Gasteiger partial charge in [-0.05, 0) is 42.4 Å². The second kappa shape index (κ2) is 4.01. The van der Waals surface area contributed by atoms with Gasteiger partial charge >= 0.3 is 0 Å². The molecule has 80 valence electrons. The van der Waals surface area contributed by atoms with Crippen LogP contribution in [0.5, 0.6) is 0 Å². The molecule has 0 heterocycles. The Kier molecular flexibility index (Phi) is 2.71. The molecule has 0 N–H and O–H groups in total. The van der Waals surface area contributed by atoms with Crippen molar-refractivity contribution >= 4 is 6.72 Å². The molecule has 0 unspecified atom stereocenters. The Morgan fingerprint density at radius 3 is 2.93 bits per heavy atom. The topological polar surface area (TPSA) is 15.6 Å². The Morgan fingerprint density at radius 2 is 2.33 bits per heavy atom. The Balaban J connectivity index is 2.28. The van der Waals surface area contributed by atoms with Crippen LogP contribution in [0.15, 0.2) is 40.4 Å². The van der Waals surface area contributed by atoms with E-state index in [4.69, 9.17) is 0 Å². The van der Waals surface area contributed by atoms with Gasteiger partial charge in [0.1, 0.15) is 5.83 Å². The van der Waals surface area contributed by atoms with Gasteiger partial charge in [-0.15, -0.1) is 0 Å². The van der Waals surface area contributed by atoms with E-state index in [-0.39, 0.29) is 5.83 Å². The molecular weight excluding hydrogens is 191 g/mol. The van der Waals surface area contributed by atoms with Crippen LogP contribution in [-0.4, -0.2) is 18.8 Å². The molecule has 2 aliphatic rings. The Bertz CT molecular complexity index is 362. The first-order chi connectivity index (χ1) is 7.22. The lowest BCUT2D eigenvalue weighted by atomic mass is 9.94. The van der Waals surface area contributed by atoms with E-state index in [1.807, 2.05) is 12.3 Å². The zero-order chi connectivity index (χ0) is 10.8. The van der Waals surface area contributed by atoms with Crippen molar-refractivity contribution in [2.45, 2.75) is 19.3 Å². The molecule has 0 aromatic rings. The zero-order valence-electron chi connectivity index (χ0n) is 8.91. The second-order valence-corrected chi connectivity index (χ2v) is 4.01. The highest BCUT2D eigenvalue weighted by molar-refractivity contribution is 5.45. The fraction of sp³-hybridized carbons (Fsp3) is 0.417. The maximum Gasteiger partial charge on any atom is 0.126 e. The van der Waals surface area contributed by atoms with Crippen LogP contribution in [0.3, 0.4) is 0 Å². The number of hydrogen-bond acceptors (Lipinski definition) is 2. The number of rotatable bonds is 3. The standard InChI is InChI=1S/C12H15FN2/c1-14-15(2)8-10-4-3-5-11(13)12(10)9-6-7-9/h3,5,8-9H,1,4,6-7H2,2H3/b10-8+. The first kappa shape index (κ1) is 10.1. The molecule has 15 heavy (non-hydrogen) atoms. The van der Waals surface area contributed by atoms with E-state index in [1.54, 1.807) is 18.1 Å². The summed E-state index contributed by atoms with van der Waals surface area (Å²) in [7, 11) is 1.81. The third kappa shape index (κ3) is 2.17. The molecule has 0 atom stereocenters. The molecule has 2 aliphatic carbocycles. The van der Waals surface area contributed by atoms with Gasteiger partial charge in [0.15, 0.2) is 0 Å². The molecular formula is C12H15FN2. The fourth-order valence-electron chi connectivity index (χ4n) is 1.86. The smallest absolute Gasteiger partial charge is 0.126 e. The third-order valence-corrected chi connectivity index (χ3v) is 2.76. The van der Waals surface area contributed by atoms with Crippen molar-refractivity contribution in [3.05, 3.63) is 35.3 Å². The first-order valence-corrected chi connectivity index (χ1v) is 5.19. The SMILES string of the molecule is C=NN(C)/C=C1\CC=CC(F)=C1C1CC1. The van der Waals surface area contributed by atoms with E-state index >= 15 is 0 Å². The summed E-state index contributed by atoms with van der Waals surface area (Å²) in [5.74, 6) is 0.354. The van der Waals surface area contributed by atoms with Crippen molar-refractivity contribution in [2.24, 2.45) is 11.0 Å². The molecule has 0 amide bonds. The molecule has 0 radical (unpaired) electrons. The van der Waals surface area contributed by atoms with Gasteiger partial charge in [-0.25, -0.2) is 4.39 Å². The monoisotopic (exact) mass is 206 g/mol. The van der Waals surface area contributed by atoms with Crippen molar-refractivity contribution in [2.75, 3.05) is 7.05 Å². The maximum absolute atomic E-state index is 13.6. The minimum absolute atomic E-state index is 0.0764. The molecule has 0 bridgehead atoms. The fourth-order valence-corrected chi connectivity index (χ4v) is 1.86. The molecule has 0 aliphatic heterocycles. The van der Waals surface area contributed by atoms with Crippen LogP contribution in [0, 0.1) is 5.92 Å². The van der Waals surface area contributed by atoms with E-state index in [2.05, 4.69) is 11.8 Å². The summed E-state index contributed by atoms with van der Waals surface area (Å²) in [4.78, 5) is 0. The molecule has 0 aromatic carbocycles. The minimum atomic E-state index is -0.0764. The summed E-state index contributed by atoms with van der Waals surface area (Å²) in [6, 6.07) is 0. The summed E-state index contributed by atoms with van der Waals surface area (Å²) >= 11 is 0. The van der Waals surface area contributed by atoms with Gasteiger partial charge in [-0.2, -0.15) is 5.10 Å². The third-order valence-electron chi connectivity index (χ3n) is 2.76. The van der Waals surface area contributed by atoms with Gasteiger partial charge in [0.2, 0.25) is 0 Å². The van der Waals surface area contributed by atoms with Crippen molar-refractivity contribution in [3.63, 3.8) is 0 Å². The number of nitrogens with zero attached hydrogens (tertiary/aromatic N) is 2. The van der Waals surface area contributed by atoms with Gasteiger partial charge < -0.3 is 0 Å². The molecule has 1 saturated carbocycles. The highest BCUT2D eigenvalue weighted by Crippen LogP contribution is 2.44. The predicted octanol–water partition coefficient (Wildman–Crippen LogP) is 3.01. The summed E-state index contributed by atoms with van der Waals surface area (Å²) in [6.45, 7) is 3.43. The van der Waals surface area contributed by atoms with E-state index < -0.39 is 0 Å². The van der Waals surface area contributed by atoms with Crippen LogP contribution in [0.2, 0.25) is 0 Å². The van der Waals surface area contributed by atoms with E-state index in [1.165, 1.54) is 0 Å². The van der Waals surface area contributed by atoms with Gasteiger partial charge in [-0.3, -0.25) is 5.01 Å². The van der Waals surface area contributed by atoms with Crippen molar-refractivity contribution in [3.8, 4) is 0 Å². The van der Waals surface area contributed by atoms with Crippen LogP contribution >= 0.6 is 0 Å². The molecule has 0 saturated heterocycles. The Labute approximate surface area is 89.5 Å². The van der Waals surface area contributed by atoms with Gasteiger partial charge in [0.05, 0.1) is 0 Å². The highest BCUT2D eigenvalue weighted by Gasteiger charge is 2.31.